The summed E-state index contributed by atoms with van der Waals surface area (Å²) in [6.07, 6.45) is 5.56. The van der Waals surface area contributed by atoms with Crippen LogP contribution >= 0.6 is 0 Å². The van der Waals surface area contributed by atoms with Crippen LogP contribution in [0.2, 0.25) is 0 Å². The summed E-state index contributed by atoms with van der Waals surface area (Å²) in [6.45, 7) is 4.28. The summed E-state index contributed by atoms with van der Waals surface area (Å²) in [4.78, 5) is 18.2. The quantitative estimate of drug-likeness (QED) is 0.904. The van der Waals surface area contributed by atoms with Crippen molar-refractivity contribution in [3.63, 3.8) is 0 Å². The van der Waals surface area contributed by atoms with Crippen molar-refractivity contribution < 1.29 is 9.32 Å². The fourth-order valence-electron chi connectivity index (χ4n) is 3.17. The van der Waals surface area contributed by atoms with Crippen molar-refractivity contribution in [2.75, 3.05) is 7.05 Å². The number of urea groups is 1. The fourth-order valence-corrected chi connectivity index (χ4v) is 3.17. The third kappa shape index (κ3) is 4.18. The summed E-state index contributed by atoms with van der Waals surface area (Å²) in [7, 11) is 1.73. The fraction of sp³-hybridized carbons (Fsp3) is 0.526. The molecular formula is C19H26N4O2. The number of nitrogens with zero attached hydrogens (tertiary/aromatic N) is 3. The number of aryl methyl sites for hydroxylation is 3. The largest absolute Gasteiger partial charge is 0.337 e. The highest BCUT2D eigenvalue weighted by Crippen LogP contribution is 2.24. The van der Waals surface area contributed by atoms with Gasteiger partial charge >= 0.3 is 6.03 Å². The zero-order valence-corrected chi connectivity index (χ0v) is 15.2. The van der Waals surface area contributed by atoms with E-state index in [1.807, 2.05) is 13.8 Å². The van der Waals surface area contributed by atoms with Crippen molar-refractivity contribution in [3.05, 3.63) is 46.6 Å². The number of hydrogen-bond donors (Lipinski definition) is 1. The Bertz CT molecular complexity index is 741. The maximum absolute atomic E-state index is 12.4. The van der Waals surface area contributed by atoms with Gasteiger partial charge in [-0.25, -0.2) is 4.79 Å². The van der Waals surface area contributed by atoms with Crippen molar-refractivity contribution in [3.8, 4) is 0 Å². The molecular weight excluding hydrogens is 316 g/mol. The Balaban J connectivity index is 1.59. The van der Waals surface area contributed by atoms with Crippen molar-refractivity contribution >= 4 is 6.03 Å². The molecule has 1 aliphatic carbocycles. The molecule has 3 rings (SSSR count). The number of nitrogens with one attached hydrogen (secondary N) is 1. The molecule has 1 unspecified atom stereocenters. The van der Waals surface area contributed by atoms with Crippen LogP contribution in [0.5, 0.6) is 0 Å². The third-order valence-electron chi connectivity index (χ3n) is 4.76. The molecule has 1 aromatic carbocycles. The molecule has 1 aromatic heterocycles. The van der Waals surface area contributed by atoms with E-state index in [9.17, 15) is 4.79 Å². The number of benzene rings is 1. The number of amides is 2. The summed E-state index contributed by atoms with van der Waals surface area (Å²) < 4.78 is 5.15. The van der Waals surface area contributed by atoms with Gasteiger partial charge in [0, 0.05) is 13.5 Å². The van der Waals surface area contributed by atoms with E-state index in [-0.39, 0.29) is 12.1 Å². The molecule has 1 heterocycles. The van der Waals surface area contributed by atoms with Gasteiger partial charge in [-0.15, -0.1) is 0 Å². The Kier molecular flexibility index (Phi) is 5.36. The molecule has 2 amide bonds. The highest BCUT2D eigenvalue weighted by Gasteiger charge is 2.17. The number of carbonyl (C=O) groups is 1. The van der Waals surface area contributed by atoms with Gasteiger partial charge in [-0.1, -0.05) is 30.3 Å². The van der Waals surface area contributed by atoms with Crippen LogP contribution in [-0.4, -0.2) is 28.1 Å². The lowest BCUT2D eigenvalue weighted by Gasteiger charge is -2.22. The van der Waals surface area contributed by atoms with E-state index in [2.05, 4.69) is 33.7 Å². The van der Waals surface area contributed by atoms with Crippen LogP contribution in [0.3, 0.4) is 0 Å². The topological polar surface area (TPSA) is 71.3 Å². The van der Waals surface area contributed by atoms with E-state index in [4.69, 9.17) is 4.52 Å². The molecule has 0 saturated heterocycles. The first kappa shape index (κ1) is 17.5. The Labute approximate surface area is 148 Å². The molecule has 0 aliphatic heterocycles. The van der Waals surface area contributed by atoms with Crippen LogP contribution in [-0.2, 0) is 25.8 Å². The summed E-state index contributed by atoms with van der Waals surface area (Å²) in [6, 6.07) is 6.38. The molecule has 0 bridgehead atoms. The zero-order valence-electron chi connectivity index (χ0n) is 15.2. The average molecular weight is 342 g/mol. The molecule has 0 saturated carbocycles. The van der Waals surface area contributed by atoms with E-state index >= 15 is 0 Å². The molecule has 0 spiro atoms. The van der Waals surface area contributed by atoms with Crippen molar-refractivity contribution in [2.24, 2.45) is 0 Å². The lowest BCUT2D eigenvalue weighted by Crippen LogP contribution is -2.38. The Morgan fingerprint density at radius 2 is 2.08 bits per heavy atom. The van der Waals surface area contributed by atoms with Crippen molar-refractivity contribution in [2.45, 2.75) is 58.5 Å². The van der Waals surface area contributed by atoms with Crippen LogP contribution in [0.15, 0.2) is 22.7 Å². The highest BCUT2D eigenvalue weighted by molar-refractivity contribution is 5.74. The summed E-state index contributed by atoms with van der Waals surface area (Å²) in [5, 5.41) is 6.89. The van der Waals surface area contributed by atoms with E-state index in [0.717, 1.165) is 18.4 Å². The molecule has 0 radical (unpaired) electrons. The van der Waals surface area contributed by atoms with Gasteiger partial charge in [0.1, 0.15) is 6.54 Å². The van der Waals surface area contributed by atoms with Crippen LogP contribution in [0.1, 0.15) is 61.1 Å². The van der Waals surface area contributed by atoms with Gasteiger partial charge in [-0.3, -0.25) is 0 Å². The maximum Gasteiger partial charge on any atom is 0.318 e. The highest BCUT2D eigenvalue weighted by atomic mass is 16.5. The second kappa shape index (κ2) is 7.68. The predicted molar refractivity (Wildman–Crippen MR) is 95.2 cm³/mol. The van der Waals surface area contributed by atoms with E-state index in [0.29, 0.717) is 18.3 Å². The first-order chi connectivity index (χ1) is 12.1. The predicted octanol–water partition coefficient (Wildman–Crippen LogP) is 3.41. The zero-order chi connectivity index (χ0) is 17.8. The molecule has 1 aliphatic rings. The van der Waals surface area contributed by atoms with Gasteiger partial charge < -0.3 is 14.7 Å². The van der Waals surface area contributed by atoms with Crippen molar-refractivity contribution in [1.82, 2.24) is 20.4 Å². The number of aromatic nitrogens is 2. The summed E-state index contributed by atoms with van der Waals surface area (Å²) in [5.41, 5.74) is 4.03. The van der Waals surface area contributed by atoms with E-state index < -0.39 is 0 Å². The molecule has 0 fully saturated rings. The van der Waals surface area contributed by atoms with E-state index in [1.165, 1.54) is 30.4 Å². The van der Waals surface area contributed by atoms with E-state index in [1.54, 1.807) is 11.9 Å². The first-order valence-electron chi connectivity index (χ1n) is 9.01. The van der Waals surface area contributed by atoms with Crippen LogP contribution in [0.4, 0.5) is 4.79 Å². The van der Waals surface area contributed by atoms with Crippen LogP contribution < -0.4 is 5.32 Å². The second-order valence-corrected chi connectivity index (χ2v) is 6.72. The lowest BCUT2D eigenvalue weighted by molar-refractivity contribution is 0.196. The first-order valence-corrected chi connectivity index (χ1v) is 9.01. The summed E-state index contributed by atoms with van der Waals surface area (Å²) >= 11 is 0. The molecule has 1 atom stereocenters. The van der Waals surface area contributed by atoms with Gasteiger partial charge in [-0.2, -0.15) is 4.98 Å². The second-order valence-electron chi connectivity index (χ2n) is 6.72. The van der Waals surface area contributed by atoms with Gasteiger partial charge in [-0.05, 0) is 49.3 Å². The molecule has 6 nitrogen and oxygen atoms in total. The van der Waals surface area contributed by atoms with Gasteiger partial charge in [0.2, 0.25) is 5.89 Å². The normalized spacial score (nSPS) is 14.7. The van der Waals surface area contributed by atoms with Gasteiger partial charge in [0.15, 0.2) is 5.82 Å². The molecule has 1 N–H and O–H groups in total. The Hall–Kier alpha value is -2.37. The smallest absolute Gasteiger partial charge is 0.318 e. The molecule has 25 heavy (non-hydrogen) atoms. The maximum atomic E-state index is 12.4. The number of carbonyl (C=O) groups excluding carboxylic acids is 1. The van der Waals surface area contributed by atoms with Crippen LogP contribution in [0.25, 0.3) is 0 Å². The average Bonchev–Trinajstić information content (AvgIpc) is 3.08. The number of rotatable bonds is 5. The monoisotopic (exact) mass is 342 g/mol. The minimum Gasteiger partial charge on any atom is -0.337 e. The number of fused-ring (bicyclic) bond motifs is 1. The minimum atomic E-state index is -0.151. The molecule has 2 aromatic rings. The van der Waals surface area contributed by atoms with Crippen LogP contribution in [0, 0.1) is 0 Å². The lowest BCUT2D eigenvalue weighted by atomic mass is 9.89. The molecule has 6 heteroatoms. The molecule has 134 valence electrons. The Morgan fingerprint density at radius 3 is 2.80 bits per heavy atom. The van der Waals surface area contributed by atoms with Gasteiger partial charge in [0.05, 0.1) is 6.04 Å². The third-order valence-corrected chi connectivity index (χ3v) is 4.76. The Morgan fingerprint density at radius 1 is 1.32 bits per heavy atom. The van der Waals surface area contributed by atoms with Crippen molar-refractivity contribution in [1.29, 1.82) is 0 Å². The summed E-state index contributed by atoms with van der Waals surface area (Å²) in [5.74, 6) is 1.11. The van der Waals surface area contributed by atoms with Gasteiger partial charge in [0.25, 0.3) is 0 Å². The SMILES string of the molecule is CCc1noc(CN(C)C(=O)NC(C)c2ccc3c(c2)CCCC3)n1. The minimum absolute atomic E-state index is 0.0453. The number of hydrogen-bond acceptors (Lipinski definition) is 4. The standard InChI is InChI=1S/C19H26N4O2/c1-4-17-21-18(25-22-17)12-23(3)19(24)20-13(2)15-10-9-14-7-5-6-8-16(14)11-15/h9-11,13H,4-8,12H2,1-3H3,(H,20,24).